The lowest BCUT2D eigenvalue weighted by Gasteiger charge is -2.16. The molecular formula is C8H18N2. The van der Waals surface area contributed by atoms with Gasteiger partial charge < -0.3 is 4.90 Å². The van der Waals surface area contributed by atoms with Crippen LogP contribution in [0.4, 0.5) is 0 Å². The Balaban J connectivity index is 3.69. The van der Waals surface area contributed by atoms with Crippen molar-refractivity contribution in [2.45, 2.75) is 27.2 Å². The average molecular weight is 142 g/mol. The molecule has 0 aromatic rings. The fourth-order valence-electron chi connectivity index (χ4n) is 0.847. The quantitative estimate of drug-likeness (QED) is 0.433. The molecule has 0 spiro atoms. The monoisotopic (exact) mass is 142 g/mol. The summed E-state index contributed by atoms with van der Waals surface area (Å²) in [7, 11) is 2.08. The zero-order chi connectivity index (χ0) is 7.98. The molecule has 0 radical (unpaired) electrons. The van der Waals surface area contributed by atoms with Crippen LogP contribution >= 0.6 is 0 Å². The molecule has 0 saturated carbocycles. The van der Waals surface area contributed by atoms with Gasteiger partial charge in [-0.3, -0.25) is 4.99 Å². The van der Waals surface area contributed by atoms with E-state index in [0.717, 1.165) is 18.9 Å². The Kier molecular flexibility index (Phi) is 4.99. The van der Waals surface area contributed by atoms with Gasteiger partial charge >= 0.3 is 0 Å². The molecule has 0 aliphatic heterocycles. The number of rotatable bonds is 3. The SMILES string of the molecule is CCCN(C)C(C)=NCC. The summed E-state index contributed by atoms with van der Waals surface area (Å²) in [6.07, 6.45) is 1.19. The lowest BCUT2D eigenvalue weighted by atomic mass is 10.4. The average Bonchev–Trinajstić information content (AvgIpc) is 1.89. The fourth-order valence-corrected chi connectivity index (χ4v) is 0.847. The summed E-state index contributed by atoms with van der Waals surface area (Å²) in [5, 5.41) is 0. The van der Waals surface area contributed by atoms with Gasteiger partial charge in [-0.2, -0.15) is 0 Å². The summed E-state index contributed by atoms with van der Waals surface area (Å²) in [6, 6.07) is 0. The molecule has 0 aromatic carbocycles. The van der Waals surface area contributed by atoms with Gasteiger partial charge in [-0.15, -0.1) is 0 Å². The lowest BCUT2D eigenvalue weighted by Crippen LogP contribution is -2.24. The van der Waals surface area contributed by atoms with Crippen LogP contribution in [0, 0.1) is 0 Å². The minimum atomic E-state index is 0.889. The first-order valence-electron chi connectivity index (χ1n) is 3.94. The zero-order valence-corrected chi connectivity index (χ0v) is 7.52. The maximum absolute atomic E-state index is 4.29. The van der Waals surface area contributed by atoms with E-state index in [-0.39, 0.29) is 0 Å². The second kappa shape index (κ2) is 5.27. The van der Waals surface area contributed by atoms with E-state index in [2.05, 4.69) is 37.7 Å². The van der Waals surface area contributed by atoms with Crippen LogP contribution in [0.15, 0.2) is 4.99 Å². The molecule has 10 heavy (non-hydrogen) atoms. The summed E-state index contributed by atoms with van der Waals surface area (Å²) >= 11 is 0. The maximum atomic E-state index is 4.29. The third-order valence-electron chi connectivity index (χ3n) is 1.50. The minimum absolute atomic E-state index is 0.889. The van der Waals surface area contributed by atoms with Crippen molar-refractivity contribution < 1.29 is 0 Å². The van der Waals surface area contributed by atoms with Gasteiger partial charge in [0.25, 0.3) is 0 Å². The van der Waals surface area contributed by atoms with Crippen molar-refractivity contribution in [1.82, 2.24) is 4.90 Å². The number of hydrogen-bond acceptors (Lipinski definition) is 1. The van der Waals surface area contributed by atoms with Crippen molar-refractivity contribution >= 4 is 5.84 Å². The highest BCUT2D eigenvalue weighted by molar-refractivity contribution is 5.79. The number of amidine groups is 1. The molecule has 0 aromatic heterocycles. The molecule has 0 saturated heterocycles. The molecule has 0 aliphatic rings. The second-order valence-electron chi connectivity index (χ2n) is 2.44. The molecular weight excluding hydrogens is 124 g/mol. The molecule has 0 heterocycles. The largest absolute Gasteiger partial charge is 0.364 e. The molecule has 60 valence electrons. The summed E-state index contributed by atoms with van der Waals surface area (Å²) in [6.45, 7) is 8.29. The van der Waals surface area contributed by atoms with Crippen LogP contribution in [0.3, 0.4) is 0 Å². The van der Waals surface area contributed by atoms with Crippen LogP contribution in [0.2, 0.25) is 0 Å². The first kappa shape index (κ1) is 9.47. The van der Waals surface area contributed by atoms with E-state index in [0.29, 0.717) is 0 Å². The van der Waals surface area contributed by atoms with E-state index in [9.17, 15) is 0 Å². The topological polar surface area (TPSA) is 15.6 Å². The Labute approximate surface area is 63.9 Å². The molecule has 0 amide bonds. The Morgan fingerprint density at radius 3 is 2.40 bits per heavy atom. The van der Waals surface area contributed by atoms with E-state index in [1.807, 2.05) is 0 Å². The molecule has 2 heteroatoms. The molecule has 0 aliphatic carbocycles. The van der Waals surface area contributed by atoms with E-state index >= 15 is 0 Å². The Morgan fingerprint density at radius 1 is 1.40 bits per heavy atom. The molecule has 2 nitrogen and oxygen atoms in total. The predicted octanol–water partition coefficient (Wildman–Crippen LogP) is 1.77. The lowest BCUT2D eigenvalue weighted by molar-refractivity contribution is 0.496. The summed E-state index contributed by atoms with van der Waals surface area (Å²) in [4.78, 5) is 6.47. The van der Waals surface area contributed by atoms with Crippen molar-refractivity contribution in [3.05, 3.63) is 0 Å². The second-order valence-corrected chi connectivity index (χ2v) is 2.44. The molecule has 0 rings (SSSR count). The molecule has 0 unspecified atom stereocenters. The van der Waals surface area contributed by atoms with Crippen LogP contribution < -0.4 is 0 Å². The molecule has 0 bridgehead atoms. The van der Waals surface area contributed by atoms with Crippen molar-refractivity contribution in [1.29, 1.82) is 0 Å². The van der Waals surface area contributed by atoms with Crippen LogP contribution in [0.25, 0.3) is 0 Å². The smallest absolute Gasteiger partial charge is 0.0954 e. The van der Waals surface area contributed by atoms with Gasteiger partial charge in [0.05, 0.1) is 5.84 Å². The normalized spacial score (nSPS) is 11.8. The summed E-state index contributed by atoms with van der Waals surface area (Å²) in [5.74, 6) is 1.14. The zero-order valence-electron chi connectivity index (χ0n) is 7.52. The number of hydrogen-bond donors (Lipinski definition) is 0. The third-order valence-corrected chi connectivity index (χ3v) is 1.50. The van der Waals surface area contributed by atoms with Gasteiger partial charge in [0.2, 0.25) is 0 Å². The van der Waals surface area contributed by atoms with Crippen LogP contribution in [0.5, 0.6) is 0 Å². The number of aliphatic imine (C=N–C) groups is 1. The standard InChI is InChI=1S/C8H18N2/c1-5-7-10(4)8(3)9-6-2/h5-7H2,1-4H3. The first-order chi connectivity index (χ1) is 4.72. The van der Waals surface area contributed by atoms with E-state index in [1.54, 1.807) is 0 Å². The van der Waals surface area contributed by atoms with E-state index < -0.39 is 0 Å². The Bertz CT molecular complexity index is 108. The van der Waals surface area contributed by atoms with Crippen molar-refractivity contribution in [2.24, 2.45) is 4.99 Å². The van der Waals surface area contributed by atoms with Gasteiger partial charge in [0.15, 0.2) is 0 Å². The highest BCUT2D eigenvalue weighted by Crippen LogP contribution is 1.89. The van der Waals surface area contributed by atoms with E-state index in [1.165, 1.54) is 6.42 Å². The van der Waals surface area contributed by atoms with Crippen molar-refractivity contribution in [3.63, 3.8) is 0 Å². The van der Waals surface area contributed by atoms with Gasteiger partial charge in [0.1, 0.15) is 0 Å². The van der Waals surface area contributed by atoms with Crippen LogP contribution in [-0.4, -0.2) is 30.9 Å². The third kappa shape index (κ3) is 3.49. The summed E-state index contributed by atoms with van der Waals surface area (Å²) < 4.78 is 0. The van der Waals surface area contributed by atoms with Crippen LogP contribution in [0.1, 0.15) is 27.2 Å². The van der Waals surface area contributed by atoms with Gasteiger partial charge in [-0.05, 0) is 20.3 Å². The molecule has 0 atom stereocenters. The van der Waals surface area contributed by atoms with Gasteiger partial charge in [-0.1, -0.05) is 6.92 Å². The Hall–Kier alpha value is -0.530. The predicted molar refractivity (Wildman–Crippen MR) is 46.6 cm³/mol. The summed E-state index contributed by atoms with van der Waals surface area (Å²) in [5.41, 5.74) is 0. The first-order valence-corrected chi connectivity index (χ1v) is 3.94. The van der Waals surface area contributed by atoms with Crippen LogP contribution in [-0.2, 0) is 0 Å². The highest BCUT2D eigenvalue weighted by atomic mass is 15.1. The fraction of sp³-hybridized carbons (Fsp3) is 0.875. The minimum Gasteiger partial charge on any atom is -0.364 e. The van der Waals surface area contributed by atoms with E-state index in [4.69, 9.17) is 0 Å². The van der Waals surface area contributed by atoms with Crippen molar-refractivity contribution in [3.8, 4) is 0 Å². The molecule has 0 fully saturated rings. The van der Waals surface area contributed by atoms with Gasteiger partial charge in [-0.25, -0.2) is 0 Å². The highest BCUT2D eigenvalue weighted by Gasteiger charge is 1.95. The molecule has 0 N–H and O–H groups in total. The Morgan fingerprint density at radius 2 is 2.00 bits per heavy atom. The van der Waals surface area contributed by atoms with Crippen molar-refractivity contribution in [2.75, 3.05) is 20.1 Å². The van der Waals surface area contributed by atoms with Gasteiger partial charge in [0, 0.05) is 20.1 Å². The number of nitrogens with zero attached hydrogens (tertiary/aromatic N) is 2. The maximum Gasteiger partial charge on any atom is 0.0954 e.